The minimum atomic E-state index is -5.07. The van der Waals surface area contributed by atoms with Gasteiger partial charge in [0.1, 0.15) is 5.60 Å². The number of hydrogen-bond acceptors (Lipinski definition) is 7. The lowest BCUT2D eigenvalue weighted by atomic mass is 9.45. The molecule has 0 amide bonds. The Kier molecular flexibility index (Phi) is 4.92. The van der Waals surface area contributed by atoms with Crippen LogP contribution in [0, 0.1) is 28.6 Å². The SMILES string of the molecule is C[C@]12CCC(=O)C=C1CC[C@@H]1[C@@H]2[C@@H](O)C[C@@]2(C)[C@H]1CC[C@]2(O)C(=O)C(O)S(=O)(=O)O. The molecule has 0 heterocycles. The Bertz CT molecular complexity index is 925. The second-order valence-corrected chi connectivity index (χ2v) is 11.7. The lowest BCUT2D eigenvalue weighted by Gasteiger charge is -2.60. The molecule has 30 heavy (non-hydrogen) atoms. The van der Waals surface area contributed by atoms with Gasteiger partial charge in [-0.3, -0.25) is 14.1 Å². The third kappa shape index (κ3) is 2.82. The van der Waals surface area contributed by atoms with Crippen LogP contribution in [0.4, 0.5) is 0 Å². The van der Waals surface area contributed by atoms with E-state index in [1.54, 1.807) is 13.0 Å². The monoisotopic (exact) mass is 442 g/mol. The maximum atomic E-state index is 12.8. The van der Waals surface area contributed by atoms with E-state index in [9.17, 15) is 33.3 Å². The molecule has 8 atom stereocenters. The lowest BCUT2D eigenvalue weighted by Crippen LogP contribution is -2.63. The maximum Gasteiger partial charge on any atom is 0.299 e. The van der Waals surface area contributed by atoms with Crippen molar-refractivity contribution >= 4 is 21.7 Å². The van der Waals surface area contributed by atoms with Crippen molar-refractivity contribution in [1.29, 1.82) is 0 Å². The fourth-order valence-corrected chi connectivity index (χ4v) is 7.90. The predicted octanol–water partition coefficient (Wildman–Crippen LogP) is 0.996. The zero-order valence-electron chi connectivity index (χ0n) is 17.2. The van der Waals surface area contributed by atoms with Crippen molar-refractivity contribution < 1.29 is 37.9 Å². The van der Waals surface area contributed by atoms with Crippen molar-refractivity contribution in [2.45, 2.75) is 75.9 Å². The molecule has 4 aliphatic rings. The number of Topliss-reactive ketones (excluding diaryl/α,β-unsaturated/α-hetero) is 1. The molecular formula is C21H30O8S. The van der Waals surface area contributed by atoms with Crippen LogP contribution in [-0.4, -0.2) is 57.0 Å². The molecule has 0 bridgehead atoms. The Balaban J connectivity index is 1.72. The number of aliphatic hydroxyl groups excluding tert-OH is 2. The maximum absolute atomic E-state index is 12.8. The van der Waals surface area contributed by atoms with Gasteiger partial charge in [0.2, 0.25) is 11.2 Å². The normalized spacial score (nSPS) is 47.0. The van der Waals surface area contributed by atoms with E-state index in [2.05, 4.69) is 6.92 Å². The summed E-state index contributed by atoms with van der Waals surface area (Å²) in [5.41, 5.74) is -5.25. The molecule has 0 radical (unpaired) electrons. The topological polar surface area (TPSA) is 149 Å². The summed E-state index contributed by atoms with van der Waals surface area (Å²) in [7, 11) is -5.07. The summed E-state index contributed by atoms with van der Waals surface area (Å²) < 4.78 is 31.8. The van der Waals surface area contributed by atoms with Gasteiger partial charge in [0, 0.05) is 11.8 Å². The summed E-state index contributed by atoms with van der Waals surface area (Å²) in [6.45, 7) is 3.76. The first-order valence-electron chi connectivity index (χ1n) is 10.6. The average molecular weight is 443 g/mol. The first-order chi connectivity index (χ1) is 13.8. The summed E-state index contributed by atoms with van der Waals surface area (Å²) in [6.07, 6.45) is 3.88. The van der Waals surface area contributed by atoms with Crippen molar-refractivity contribution in [2.75, 3.05) is 0 Å². The van der Waals surface area contributed by atoms with Gasteiger partial charge in [-0.25, -0.2) is 0 Å². The van der Waals surface area contributed by atoms with Gasteiger partial charge >= 0.3 is 0 Å². The summed E-state index contributed by atoms with van der Waals surface area (Å²) in [5.74, 6) is -1.49. The fourth-order valence-electron chi connectivity index (χ4n) is 7.44. The molecule has 0 aromatic carbocycles. The Labute approximate surface area is 176 Å². The molecule has 168 valence electrons. The van der Waals surface area contributed by atoms with Crippen LogP contribution in [0.15, 0.2) is 11.6 Å². The van der Waals surface area contributed by atoms with Gasteiger partial charge < -0.3 is 15.3 Å². The Morgan fingerprint density at radius 2 is 1.87 bits per heavy atom. The second-order valence-electron chi connectivity index (χ2n) is 10.2. The fraction of sp³-hybridized carbons (Fsp3) is 0.810. The van der Waals surface area contributed by atoms with Crippen molar-refractivity contribution in [3.8, 4) is 0 Å². The van der Waals surface area contributed by atoms with Crippen LogP contribution in [0.5, 0.6) is 0 Å². The highest BCUT2D eigenvalue weighted by molar-refractivity contribution is 7.87. The summed E-state index contributed by atoms with van der Waals surface area (Å²) in [4.78, 5) is 24.7. The number of carbonyl (C=O) groups excluding carboxylic acids is 2. The van der Waals surface area contributed by atoms with Crippen LogP contribution in [0.25, 0.3) is 0 Å². The zero-order chi connectivity index (χ0) is 22.3. The van der Waals surface area contributed by atoms with E-state index in [4.69, 9.17) is 4.55 Å². The minimum absolute atomic E-state index is 0.00111. The lowest BCUT2D eigenvalue weighted by molar-refractivity contribution is -0.183. The number of carbonyl (C=O) groups is 2. The van der Waals surface area contributed by atoms with Crippen molar-refractivity contribution in [2.24, 2.45) is 28.6 Å². The van der Waals surface area contributed by atoms with Crippen LogP contribution in [0.1, 0.15) is 58.8 Å². The Morgan fingerprint density at radius 3 is 2.50 bits per heavy atom. The van der Waals surface area contributed by atoms with Gasteiger partial charge in [-0.2, -0.15) is 8.42 Å². The van der Waals surface area contributed by atoms with E-state index >= 15 is 0 Å². The van der Waals surface area contributed by atoms with E-state index in [1.165, 1.54) is 0 Å². The molecule has 4 N–H and O–H groups in total. The number of ketones is 2. The molecule has 0 aliphatic heterocycles. The number of aliphatic hydroxyl groups is 3. The van der Waals surface area contributed by atoms with Crippen LogP contribution in [-0.2, 0) is 19.7 Å². The molecule has 4 aliphatic carbocycles. The number of fused-ring (bicyclic) bond motifs is 5. The molecule has 8 nitrogen and oxygen atoms in total. The average Bonchev–Trinajstić information content (AvgIpc) is 2.91. The molecule has 0 aromatic heterocycles. The van der Waals surface area contributed by atoms with Gasteiger partial charge in [0.25, 0.3) is 10.1 Å². The van der Waals surface area contributed by atoms with Crippen LogP contribution in [0.2, 0.25) is 0 Å². The first kappa shape index (κ1) is 22.1. The zero-order valence-corrected chi connectivity index (χ0v) is 18.1. The second kappa shape index (κ2) is 6.68. The summed E-state index contributed by atoms with van der Waals surface area (Å²) >= 11 is 0. The molecule has 0 spiro atoms. The quantitative estimate of drug-likeness (QED) is 0.473. The van der Waals surface area contributed by atoms with E-state index in [0.717, 1.165) is 5.57 Å². The first-order valence-corrected chi connectivity index (χ1v) is 12.1. The minimum Gasteiger partial charge on any atom is -0.393 e. The standard InChI is InChI=1S/C21H30O8S/c1-19-7-5-12(22)9-11(19)3-4-13-14-6-8-21(26,17(24)18(25)30(27,28)29)20(14,2)10-15(23)16(13)19/h9,13-16,18,23,25-26H,3-8,10H2,1-2H3,(H,27,28,29)/t13-,14-,15-,16+,18?,19-,20-,21-/m0/s1. The molecular weight excluding hydrogens is 412 g/mol. The van der Waals surface area contributed by atoms with Crippen LogP contribution >= 0.6 is 0 Å². The molecule has 3 fully saturated rings. The van der Waals surface area contributed by atoms with Gasteiger partial charge in [0.05, 0.1) is 6.10 Å². The van der Waals surface area contributed by atoms with Crippen LogP contribution in [0.3, 0.4) is 0 Å². The smallest absolute Gasteiger partial charge is 0.299 e. The van der Waals surface area contributed by atoms with Crippen molar-refractivity contribution in [3.05, 3.63) is 11.6 Å². The highest BCUT2D eigenvalue weighted by Gasteiger charge is 2.69. The van der Waals surface area contributed by atoms with Crippen molar-refractivity contribution in [1.82, 2.24) is 0 Å². The van der Waals surface area contributed by atoms with E-state index in [1.807, 2.05) is 0 Å². The molecule has 1 unspecified atom stereocenters. The predicted molar refractivity (Wildman–Crippen MR) is 106 cm³/mol. The van der Waals surface area contributed by atoms with Gasteiger partial charge in [-0.15, -0.1) is 0 Å². The number of rotatable bonds is 3. The molecule has 0 saturated heterocycles. The van der Waals surface area contributed by atoms with E-state index in [-0.39, 0.29) is 41.8 Å². The van der Waals surface area contributed by atoms with Gasteiger partial charge in [-0.1, -0.05) is 19.4 Å². The summed E-state index contributed by atoms with van der Waals surface area (Å²) in [5, 5.41) is 32.4. The van der Waals surface area contributed by atoms with Crippen molar-refractivity contribution in [3.63, 3.8) is 0 Å². The van der Waals surface area contributed by atoms with E-state index < -0.39 is 38.5 Å². The molecule has 9 heteroatoms. The highest BCUT2D eigenvalue weighted by atomic mass is 32.2. The Morgan fingerprint density at radius 1 is 1.20 bits per heavy atom. The number of allylic oxidation sites excluding steroid dienone is 1. The molecule has 4 rings (SSSR count). The van der Waals surface area contributed by atoms with Crippen LogP contribution < -0.4 is 0 Å². The molecule has 0 aromatic rings. The molecule has 3 saturated carbocycles. The number of hydrogen-bond donors (Lipinski definition) is 4. The van der Waals surface area contributed by atoms with Gasteiger partial charge in [0.15, 0.2) is 5.78 Å². The highest BCUT2D eigenvalue weighted by Crippen LogP contribution is 2.67. The third-order valence-corrected chi connectivity index (χ3v) is 9.74. The third-order valence-electron chi connectivity index (χ3n) is 8.96. The summed E-state index contributed by atoms with van der Waals surface area (Å²) in [6, 6.07) is 0. The Hall–Kier alpha value is -1.13. The van der Waals surface area contributed by atoms with E-state index in [0.29, 0.717) is 32.1 Å². The van der Waals surface area contributed by atoms with Gasteiger partial charge in [-0.05, 0) is 67.8 Å². The largest absolute Gasteiger partial charge is 0.393 e.